The van der Waals surface area contributed by atoms with Crippen LogP contribution < -0.4 is 0 Å². The highest BCUT2D eigenvalue weighted by Gasteiger charge is 2.11. The second-order valence-corrected chi connectivity index (χ2v) is 6.42. The first-order valence-corrected chi connectivity index (χ1v) is 7.21. The van der Waals surface area contributed by atoms with Gasteiger partial charge in [-0.1, -0.05) is 17.8 Å². The van der Waals surface area contributed by atoms with Crippen molar-refractivity contribution in [3.63, 3.8) is 0 Å². The topological polar surface area (TPSA) is 50.2 Å². The fourth-order valence-corrected chi connectivity index (χ4v) is 3.88. The Balaban J connectivity index is 2.19. The third-order valence-corrected chi connectivity index (χ3v) is 4.83. The zero-order chi connectivity index (χ0) is 11.5. The zero-order valence-electron chi connectivity index (χ0n) is 8.47. The van der Waals surface area contributed by atoms with Crippen LogP contribution in [0.1, 0.15) is 4.88 Å². The van der Waals surface area contributed by atoms with Crippen LogP contribution in [0.3, 0.4) is 0 Å². The molecule has 0 fully saturated rings. The molecular formula is C10H9NO2S3. The van der Waals surface area contributed by atoms with Gasteiger partial charge in [0.1, 0.15) is 0 Å². The van der Waals surface area contributed by atoms with Crippen molar-refractivity contribution >= 4 is 40.4 Å². The number of nitrogens with zero attached hydrogens (tertiary/aromatic N) is 1. The van der Waals surface area contributed by atoms with Gasteiger partial charge in [0.15, 0.2) is 4.34 Å². The molecule has 2 heterocycles. The Kier molecular flexibility index (Phi) is 3.63. The highest BCUT2D eigenvalue weighted by Crippen LogP contribution is 2.34. The largest absolute Gasteiger partial charge is 0.481 e. The van der Waals surface area contributed by atoms with Crippen molar-refractivity contribution in [2.24, 2.45) is 0 Å². The number of hydrogen-bond acceptors (Lipinski definition) is 5. The van der Waals surface area contributed by atoms with Gasteiger partial charge in [0.05, 0.1) is 16.3 Å². The molecule has 0 saturated carbocycles. The number of thiazole rings is 1. The van der Waals surface area contributed by atoms with Crippen LogP contribution in [0, 0.1) is 6.92 Å². The Morgan fingerprint density at radius 3 is 3.06 bits per heavy atom. The summed E-state index contributed by atoms with van der Waals surface area (Å²) in [5.41, 5.74) is 0.980. The molecule has 2 aromatic rings. The van der Waals surface area contributed by atoms with E-state index in [9.17, 15) is 4.79 Å². The molecule has 0 aromatic carbocycles. The number of aliphatic carboxylic acids is 1. The van der Waals surface area contributed by atoms with Crippen molar-refractivity contribution < 1.29 is 9.90 Å². The molecule has 2 rings (SSSR count). The Morgan fingerprint density at radius 1 is 1.62 bits per heavy atom. The standard InChI is InChI=1S/C10H9NO2S3/c1-6-9(7-3-2-4-14-7)11-10(16-6)15-5-8(12)13/h2-4H,5H2,1H3,(H,12,13). The number of rotatable bonds is 4. The molecule has 0 radical (unpaired) electrons. The van der Waals surface area contributed by atoms with Gasteiger partial charge in [-0.15, -0.1) is 22.7 Å². The monoisotopic (exact) mass is 271 g/mol. The minimum Gasteiger partial charge on any atom is -0.481 e. The molecule has 0 amide bonds. The zero-order valence-corrected chi connectivity index (χ0v) is 10.9. The van der Waals surface area contributed by atoms with Crippen LogP contribution in [-0.2, 0) is 4.79 Å². The first-order chi connectivity index (χ1) is 7.66. The van der Waals surface area contributed by atoms with E-state index in [4.69, 9.17) is 5.11 Å². The molecule has 3 nitrogen and oxygen atoms in total. The fourth-order valence-electron chi connectivity index (χ4n) is 1.20. The summed E-state index contributed by atoms with van der Waals surface area (Å²) in [6.07, 6.45) is 0. The molecule has 0 aliphatic rings. The Hall–Kier alpha value is -0.850. The molecule has 84 valence electrons. The molecule has 2 aromatic heterocycles. The Morgan fingerprint density at radius 2 is 2.44 bits per heavy atom. The lowest BCUT2D eigenvalue weighted by Gasteiger charge is -1.91. The second kappa shape index (κ2) is 4.99. The lowest BCUT2D eigenvalue weighted by Crippen LogP contribution is -1.96. The fraction of sp³-hybridized carbons (Fsp3) is 0.200. The molecule has 16 heavy (non-hydrogen) atoms. The molecule has 0 aliphatic heterocycles. The van der Waals surface area contributed by atoms with Gasteiger partial charge >= 0.3 is 5.97 Å². The summed E-state index contributed by atoms with van der Waals surface area (Å²) in [5, 5.41) is 10.6. The number of carboxylic acids is 1. The van der Waals surface area contributed by atoms with Crippen molar-refractivity contribution in [1.82, 2.24) is 4.98 Å². The highest BCUT2D eigenvalue weighted by molar-refractivity contribution is 8.01. The number of thiophene rings is 1. The van der Waals surface area contributed by atoms with Gasteiger partial charge in [-0.25, -0.2) is 4.98 Å². The summed E-state index contributed by atoms with van der Waals surface area (Å²) in [7, 11) is 0. The van der Waals surface area contributed by atoms with Crippen LogP contribution in [0.15, 0.2) is 21.9 Å². The van der Waals surface area contributed by atoms with Gasteiger partial charge in [-0.2, -0.15) is 0 Å². The smallest absolute Gasteiger partial charge is 0.313 e. The van der Waals surface area contributed by atoms with E-state index in [2.05, 4.69) is 4.98 Å². The highest BCUT2D eigenvalue weighted by atomic mass is 32.2. The number of hydrogen-bond donors (Lipinski definition) is 1. The maximum atomic E-state index is 10.5. The third-order valence-electron chi connectivity index (χ3n) is 1.85. The SMILES string of the molecule is Cc1sc(SCC(=O)O)nc1-c1cccs1. The van der Waals surface area contributed by atoms with Crippen LogP contribution in [0.5, 0.6) is 0 Å². The molecule has 0 bridgehead atoms. The molecule has 0 saturated heterocycles. The number of aryl methyl sites for hydroxylation is 1. The summed E-state index contributed by atoms with van der Waals surface area (Å²) < 4.78 is 0.822. The average Bonchev–Trinajstić information content (AvgIpc) is 2.83. The van der Waals surface area contributed by atoms with Crippen molar-refractivity contribution in [1.29, 1.82) is 0 Å². The van der Waals surface area contributed by atoms with Crippen LogP contribution in [0.4, 0.5) is 0 Å². The van der Waals surface area contributed by atoms with E-state index in [1.54, 1.807) is 22.7 Å². The first-order valence-electron chi connectivity index (χ1n) is 4.52. The summed E-state index contributed by atoms with van der Waals surface area (Å²) >= 11 is 4.47. The van der Waals surface area contributed by atoms with Crippen LogP contribution in [0.2, 0.25) is 0 Å². The van der Waals surface area contributed by atoms with Crippen LogP contribution in [0.25, 0.3) is 10.6 Å². The van der Waals surface area contributed by atoms with Crippen molar-refractivity contribution in [3.05, 3.63) is 22.4 Å². The molecule has 0 spiro atoms. The molecule has 0 aliphatic carbocycles. The summed E-state index contributed by atoms with van der Waals surface area (Å²) in [6, 6.07) is 4.02. The van der Waals surface area contributed by atoms with E-state index in [0.717, 1.165) is 19.8 Å². The Labute approximate surface area is 105 Å². The van der Waals surface area contributed by atoms with Crippen LogP contribution >= 0.6 is 34.4 Å². The maximum Gasteiger partial charge on any atom is 0.313 e. The summed E-state index contributed by atoms with van der Waals surface area (Å²) in [5.74, 6) is -0.743. The average molecular weight is 271 g/mol. The van der Waals surface area contributed by atoms with E-state index in [1.807, 2.05) is 24.4 Å². The van der Waals surface area contributed by atoms with Crippen molar-refractivity contribution in [3.8, 4) is 10.6 Å². The van der Waals surface area contributed by atoms with E-state index in [1.165, 1.54) is 11.8 Å². The van der Waals surface area contributed by atoms with Gasteiger partial charge in [0.25, 0.3) is 0 Å². The van der Waals surface area contributed by atoms with Gasteiger partial charge in [-0.05, 0) is 18.4 Å². The predicted molar refractivity (Wildman–Crippen MR) is 68.5 cm³/mol. The predicted octanol–water partition coefficient (Wildman–Crippen LogP) is 3.36. The minimum atomic E-state index is -0.810. The number of carboxylic acid groups (broad SMARTS) is 1. The van der Waals surface area contributed by atoms with E-state index >= 15 is 0 Å². The summed E-state index contributed by atoms with van der Waals surface area (Å²) in [4.78, 5) is 17.2. The Bertz CT molecular complexity index is 490. The van der Waals surface area contributed by atoms with E-state index < -0.39 is 5.97 Å². The maximum absolute atomic E-state index is 10.5. The number of thioether (sulfide) groups is 1. The quantitative estimate of drug-likeness (QED) is 0.866. The molecule has 0 atom stereocenters. The second-order valence-electron chi connectivity index (χ2n) is 3.04. The number of aromatic nitrogens is 1. The molecular weight excluding hydrogens is 262 g/mol. The lowest BCUT2D eigenvalue weighted by molar-refractivity contribution is -0.133. The van der Waals surface area contributed by atoms with Gasteiger partial charge < -0.3 is 5.11 Å². The third kappa shape index (κ3) is 2.63. The van der Waals surface area contributed by atoms with Crippen molar-refractivity contribution in [2.75, 3.05) is 5.75 Å². The van der Waals surface area contributed by atoms with Crippen LogP contribution in [-0.4, -0.2) is 21.8 Å². The normalized spacial score (nSPS) is 10.6. The van der Waals surface area contributed by atoms with Crippen molar-refractivity contribution in [2.45, 2.75) is 11.3 Å². The lowest BCUT2D eigenvalue weighted by atomic mass is 10.3. The molecule has 0 unspecified atom stereocenters. The van der Waals surface area contributed by atoms with Gasteiger partial charge in [0.2, 0.25) is 0 Å². The van der Waals surface area contributed by atoms with E-state index in [0.29, 0.717) is 0 Å². The first kappa shape index (κ1) is 11.6. The minimum absolute atomic E-state index is 0.0663. The number of carbonyl (C=O) groups is 1. The van der Waals surface area contributed by atoms with E-state index in [-0.39, 0.29) is 5.75 Å². The summed E-state index contributed by atoms with van der Waals surface area (Å²) in [6.45, 7) is 2.01. The molecule has 1 N–H and O–H groups in total. The van der Waals surface area contributed by atoms with Gasteiger partial charge in [-0.3, -0.25) is 4.79 Å². The van der Waals surface area contributed by atoms with Gasteiger partial charge in [0, 0.05) is 4.88 Å². The molecule has 6 heteroatoms.